The summed E-state index contributed by atoms with van der Waals surface area (Å²) in [5.41, 5.74) is 0. The first-order chi connectivity index (χ1) is 11.6. The van der Waals surface area contributed by atoms with Crippen molar-refractivity contribution in [2.45, 2.75) is 71.1 Å². The molecule has 0 saturated carbocycles. The minimum Gasteiger partial charge on any atom is -0.862 e. The molecule has 0 heterocycles. The second kappa shape index (κ2) is 20.2. The molecule has 142 valence electrons. The van der Waals surface area contributed by atoms with Crippen LogP contribution in [0.2, 0.25) is 0 Å². The van der Waals surface area contributed by atoms with Crippen molar-refractivity contribution in [2.75, 3.05) is 32.8 Å². The van der Waals surface area contributed by atoms with Crippen molar-refractivity contribution in [1.82, 2.24) is 4.90 Å². The largest absolute Gasteiger partial charge is 1.00 e. The molecule has 0 radical (unpaired) electrons. The molecule has 0 aliphatic heterocycles. The normalized spacial score (nSPS) is 11.6. The maximum atomic E-state index is 11.7. The third-order valence-corrected chi connectivity index (χ3v) is 3.97. The van der Waals surface area contributed by atoms with Gasteiger partial charge < -0.3 is 20.3 Å². The van der Waals surface area contributed by atoms with E-state index in [4.69, 9.17) is 10.2 Å². The molecule has 0 amide bonds. The molecule has 0 aromatic heterocycles. The SMILES string of the molecule is CCCCCCCCCCCC([O-])=NCCN(CCO)CC(=O)O.[Na+]. The van der Waals surface area contributed by atoms with Gasteiger partial charge in [-0.05, 0) is 18.7 Å². The Morgan fingerprint density at radius 2 is 1.56 bits per heavy atom. The molecular weight excluding hydrogens is 331 g/mol. The summed E-state index contributed by atoms with van der Waals surface area (Å²) >= 11 is 0. The number of carboxylic acids is 1. The van der Waals surface area contributed by atoms with Gasteiger partial charge in [-0.15, -0.1) is 0 Å². The van der Waals surface area contributed by atoms with Crippen LogP contribution in [0.5, 0.6) is 0 Å². The molecule has 0 aliphatic carbocycles. The molecule has 0 aromatic rings. The first kappa shape index (κ1) is 27.1. The Hall–Kier alpha value is -0.140. The number of aliphatic hydroxyl groups excluding tert-OH is 1. The van der Waals surface area contributed by atoms with Crippen LogP contribution in [-0.2, 0) is 4.79 Å². The molecule has 0 atom stereocenters. The average molecular weight is 366 g/mol. The summed E-state index contributed by atoms with van der Waals surface area (Å²) in [5, 5.41) is 29.3. The van der Waals surface area contributed by atoms with E-state index in [1.807, 2.05) is 0 Å². The third kappa shape index (κ3) is 20.0. The van der Waals surface area contributed by atoms with Crippen LogP contribution >= 0.6 is 0 Å². The summed E-state index contributed by atoms with van der Waals surface area (Å²) in [7, 11) is 0. The number of aliphatic hydroxyl groups is 1. The van der Waals surface area contributed by atoms with Gasteiger partial charge >= 0.3 is 35.5 Å². The fourth-order valence-corrected chi connectivity index (χ4v) is 2.58. The molecule has 0 bridgehead atoms. The first-order valence-electron chi connectivity index (χ1n) is 9.35. The Labute approximate surface area is 175 Å². The maximum absolute atomic E-state index is 11.7. The molecule has 0 unspecified atom stereocenters. The predicted octanol–water partition coefficient (Wildman–Crippen LogP) is -0.951. The molecule has 0 fully saturated rings. The van der Waals surface area contributed by atoms with Gasteiger partial charge in [0, 0.05) is 13.1 Å². The number of hydrogen-bond donors (Lipinski definition) is 2. The van der Waals surface area contributed by atoms with E-state index in [9.17, 15) is 9.90 Å². The van der Waals surface area contributed by atoms with E-state index in [0.717, 1.165) is 12.8 Å². The number of carboxylic acid groups (broad SMARTS) is 1. The summed E-state index contributed by atoms with van der Waals surface area (Å²) in [4.78, 5) is 16.2. The minimum atomic E-state index is -0.940. The summed E-state index contributed by atoms with van der Waals surface area (Å²) < 4.78 is 0. The van der Waals surface area contributed by atoms with Gasteiger partial charge in [-0.3, -0.25) is 9.69 Å². The van der Waals surface area contributed by atoms with E-state index in [0.29, 0.717) is 19.5 Å². The van der Waals surface area contributed by atoms with Crippen LogP contribution in [0, 0.1) is 0 Å². The molecule has 2 N–H and O–H groups in total. The molecule has 0 aromatic carbocycles. The average Bonchev–Trinajstić information content (AvgIpc) is 2.53. The summed E-state index contributed by atoms with van der Waals surface area (Å²) in [6, 6.07) is 0. The van der Waals surface area contributed by atoms with Gasteiger partial charge in [0.05, 0.1) is 19.7 Å². The Morgan fingerprint density at radius 3 is 2.08 bits per heavy atom. The van der Waals surface area contributed by atoms with Gasteiger partial charge in [0.15, 0.2) is 0 Å². The molecule has 0 rings (SSSR count). The van der Waals surface area contributed by atoms with Crippen LogP contribution in [-0.4, -0.2) is 59.8 Å². The number of nitrogens with zero attached hydrogens (tertiary/aromatic N) is 2. The monoisotopic (exact) mass is 366 g/mol. The Bertz CT molecular complexity index is 341. The molecule has 0 aliphatic rings. The van der Waals surface area contributed by atoms with Crippen LogP contribution in [0.1, 0.15) is 71.1 Å². The number of rotatable bonds is 17. The summed E-state index contributed by atoms with van der Waals surface area (Å²) in [6.45, 7) is 2.95. The van der Waals surface area contributed by atoms with Crippen molar-refractivity contribution in [3.05, 3.63) is 0 Å². The van der Waals surface area contributed by atoms with Gasteiger partial charge in [-0.25, -0.2) is 0 Å². The van der Waals surface area contributed by atoms with E-state index in [1.54, 1.807) is 4.90 Å². The fourth-order valence-electron chi connectivity index (χ4n) is 2.58. The van der Waals surface area contributed by atoms with E-state index < -0.39 is 5.97 Å². The number of unbranched alkanes of at least 4 members (excludes halogenated alkanes) is 8. The molecule has 0 saturated heterocycles. The second-order valence-electron chi connectivity index (χ2n) is 6.25. The van der Waals surface area contributed by atoms with Crippen molar-refractivity contribution in [3.8, 4) is 0 Å². The van der Waals surface area contributed by atoms with Crippen LogP contribution in [0.3, 0.4) is 0 Å². The van der Waals surface area contributed by atoms with Crippen LogP contribution in [0.4, 0.5) is 0 Å². The van der Waals surface area contributed by atoms with E-state index in [1.165, 1.54) is 44.9 Å². The van der Waals surface area contributed by atoms with Crippen LogP contribution < -0.4 is 34.7 Å². The van der Waals surface area contributed by atoms with Crippen molar-refractivity contribution < 1.29 is 49.7 Å². The van der Waals surface area contributed by atoms with E-state index in [-0.39, 0.29) is 55.2 Å². The van der Waals surface area contributed by atoms with Crippen molar-refractivity contribution in [1.29, 1.82) is 0 Å². The van der Waals surface area contributed by atoms with Crippen LogP contribution in [0.15, 0.2) is 4.99 Å². The molecule has 6 nitrogen and oxygen atoms in total. The zero-order valence-electron chi connectivity index (χ0n) is 16.2. The Kier molecular flexibility index (Phi) is 21.9. The topological polar surface area (TPSA) is 96.2 Å². The van der Waals surface area contributed by atoms with Gasteiger partial charge in [-0.1, -0.05) is 58.3 Å². The quantitative estimate of drug-likeness (QED) is 0.150. The number of aliphatic imine (C=N–C) groups is 1. The second-order valence-corrected chi connectivity index (χ2v) is 6.25. The van der Waals surface area contributed by atoms with E-state index in [2.05, 4.69) is 11.9 Å². The summed E-state index contributed by atoms with van der Waals surface area (Å²) in [6.07, 6.45) is 11.4. The zero-order chi connectivity index (χ0) is 18.0. The van der Waals surface area contributed by atoms with Gasteiger partial charge in [0.1, 0.15) is 0 Å². The van der Waals surface area contributed by atoms with Gasteiger partial charge in [-0.2, -0.15) is 0 Å². The van der Waals surface area contributed by atoms with Crippen LogP contribution in [0.25, 0.3) is 0 Å². The third-order valence-electron chi connectivity index (χ3n) is 3.97. The summed E-state index contributed by atoms with van der Waals surface area (Å²) in [5.74, 6) is -1.04. The molecule has 7 heteroatoms. The van der Waals surface area contributed by atoms with Crippen molar-refractivity contribution >= 4 is 11.9 Å². The van der Waals surface area contributed by atoms with Crippen molar-refractivity contribution in [3.63, 3.8) is 0 Å². The molecule has 25 heavy (non-hydrogen) atoms. The standard InChI is InChI=1S/C18H36N2O4.Na/c1-2-3-4-5-6-7-8-9-10-11-17(22)19-12-13-20(14-15-21)16-18(23)24;/h21H,2-16H2,1H3,(H,19,22)(H,23,24);/q;+1/p-1. The molecular formula is C18H35N2NaO4. The van der Waals surface area contributed by atoms with Gasteiger partial charge in [0.25, 0.3) is 0 Å². The number of aliphatic carboxylic acids is 1. The minimum absolute atomic E-state index is 0. The first-order valence-corrected chi connectivity index (χ1v) is 9.35. The Balaban J connectivity index is 0. The van der Waals surface area contributed by atoms with Crippen molar-refractivity contribution in [2.24, 2.45) is 4.99 Å². The van der Waals surface area contributed by atoms with E-state index >= 15 is 0 Å². The Morgan fingerprint density at radius 1 is 1.00 bits per heavy atom. The molecule has 0 spiro atoms. The fraction of sp³-hybridized carbons (Fsp3) is 0.889. The van der Waals surface area contributed by atoms with Gasteiger partial charge in [0.2, 0.25) is 0 Å². The zero-order valence-corrected chi connectivity index (χ0v) is 18.2. The maximum Gasteiger partial charge on any atom is 1.00 e. The smallest absolute Gasteiger partial charge is 0.862 e. The number of carbonyl (C=O) groups is 1. The predicted molar refractivity (Wildman–Crippen MR) is 95.3 cm³/mol. The number of hydrogen-bond acceptors (Lipinski definition) is 5.